The van der Waals surface area contributed by atoms with E-state index < -0.39 is 10.9 Å². The van der Waals surface area contributed by atoms with Crippen molar-refractivity contribution in [3.63, 3.8) is 0 Å². The molecule has 0 spiro atoms. The first kappa shape index (κ1) is 15.4. The lowest BCUT2D eigenvalue weighted by Crippen LogP contribution is -2.39. The Labute approximate surface area is 135 Å². The number of carbonyl (C=O) groups excluding carboxylic acids is 1. The molecule has 23 heavy (non-hydrogen) atoms. The number of carboxylic acid groups (broad SMARTS) is 1. The minimum absolute atomic E-state index is 0.00317. The third kappa shape index (κ3) is 3.02. The van der Waals surface area contributed by atoms with Gasteiger partial charge in [0.05, 0.1) is 15.7 Å². The second-order valence-electron chi connectivity index (χ2n) is 5.49. The molecule has 0 bridgehead atoms. The number of carboxylic acids is 1. The van der Waals surface area contributed by atoms with Crippen molar-refractivity contribution in [2.75, 3.05) is 13.1 Å². The van der Waals surface area contributed by atoms with Gasteiger partial charge in [0.2, 0.25) is 0 Å². The zero-order valence-corrected chi connectivity index (χ0v) is 12.9. The summed E-state index contributed by atoms with van der Waals surface area (Å²) in [6, 6.07) is 6.19. The van der Waals surface area contributed by atoms with Crippen LogP contribution in [0.2, 0.25) is 0 Å². The normalized spacial score (nSPS) is 15.7. The summed E-state index contributed by atoms with van der Waals surface area (Å²) < 4.78 is 0.819. The molecular weight excluding hydrogens is 320 g/mol. The average molecular weight is 334 g/mol. The summed E-state index contributed by atoms with van der Waals surface area (Å²) in [5.41, 5.74) is -0.00317. The minimum Gasteiger partial charge on any atom is -0.481 e. The maximum absolute atomic E-state index is 12.5. The van der Waals surface area contributed by atoms with Gasteiger partial charge in [-0.05, 0) is 25.0 Å². The number of nitro benzene ring substituents is 1. The molecule has 1 N–H and O–H groups in total. The monoisotopic (exact) mass is 334 g/mol. The average Bonchev–Trinajstić information content (AvgIpc) is 2.97. The Morgan fingerprint density at radius 3 is 2.57 bits per heavy atom. The van der Waals surface area contributed by atoms with Crippen molar-refractivity contribution in [1.82, 2.24) is 4.90 Å². The lowest BCUT2D eigenvalue weighted by Gasteiger charge is -2.29. The van der Waals surface area contributed by atoms with E-state index in [1.165, 1.54) is 23.5 Å². The standard InChI is InChI=1S/C15H14N2O5S/c18-14(16-5-3-9(4-6-16)15(19)20)13-8-10-7-11(17(21)22)1-2-12(10)23-13/h1-2,7-9H,3-6H2,(H,19,20). The third-order valence-corrected chi connectivity index (χ3v) is 5.16. The van der Waals surface area contributed by atoms with Crippen LogP contribution in [0.25, 0.3) is 10.1 Å². The number of nitrogens with zero attached hydrogens (tertiary/aromatic N) is 2. The number of fused-ring (bicyclic) bond motifs is 1. The third-order valence-electron chi connectivity index (χ3n) is 4.05. The van der Waals surface area contributed by atoms with Crippen molar-refractivity contribution in [3.8, 4) is 0 Å². The molecule has 0 radical (unpaired) electrons. The van der Waals surface area contributed by atoms with Crippen molar-refractivity contribution >= 4 is 39.0 Å². The number of aliphatic carboxylic acids is 1. The van der Waals surface area contributed by atoms with Gasteiger partial charge in [-0.15, -0.1) is 11.3 Å². The number of rotatable bonds is 3. The fourth-order valence-corrected chi connectivity index (χ4v) is 3.75. The Morgan fingerprint density at radius 2 is 1.96 bits per heavy atom. The van der Waals surface area contributed by atoms with Crippen LogP contribution in [0.5, 0.6) is 0 Å². The van der Waals surface area contributed by atoms with E-state index in [1.807, 2.05) is 0 Å². The molecule has 1 fully saturated rings. The highest BCUT2D eigenvalue weighted by Crippen LogP contribution is 2.30. The first-order valence-electron chi connectivity index (χ1n) is 7.16. The highest BCUT2D eigenvalue weighted by molar-refractivity contribution is 7.20. The Bertz CT molecular complexity index is 792. The summed E-state index contributed by atoms with van der Waals surface area (Å²) in [6.07, 6.45) is 0.912. The van der Waals surface area contributed by atoms with E-state index >= 15 is 0 Å². The van der Waals surface area contributed by atoms with Crippen molar-refractivity contribution in [1.29, 1.82) is 0 Å². The molecule has 0 unspecified atom stereocenters. The predicted molar refractivity (Wildman–Crippen MR) is 84.7 cm³/mol. The first-order chi connectivity index (χ1) is 11.0. The number of amides is 1. The van der Waals surface area contributed by atoms with Crippen LogP contribution in [-0.2, 0) is 4.79 Å². The molecular formula is C15H14N2O5S. The predicted octanol–water partition coefficient (Wildman–Crippen LogP) is 2.75. The first-order valence-corrected chi connectivity index (χ1v) is 7.97. The van der Waals surface area contributed by atoms with E-state index in [0.717, 1.165) is 4.70 Å². The fraction of sp³-hybridized carbons (Fsp3) is 0.333. The number of nitro groups is 1. The largest absolute Gasteiger partial charge is 0.481 e. The Kier molecular flexibility index (Phi) is 3.99. The highest BCUT2D eigenvalue weighted by atomic mass is 32.1. The molecule has 120 valence electrons. The van der Waals surface area contributed by atoms with E-state index in [0.29, 0.717) is 36.2 Å². The zero-order chi connectivity index (χ0) is 16.6. The molecule has 0 atom stereocenters. The molecule has 1 aliphatic heterocycles. The van der Waals surface area contributed by atoms with Gasteiger partial charge in [-0.2, -0.15) is 0 Å². The molecule has 3 rings (SSSR count). The summed E-state index contributed by atoms with van der Waals surface area (Å²) in [5, 5.41) is 20.5. The minimum atomic E-state index is -0.814. The van der Waals surface area contributed by atoms with Gasteiger partial charge in [-0.25, -0.2) is 0 Å². The lowest BCUT2D eigenvalue weighted by molar-refractivity contribution is -0.384. The second-order valence-corrected chi connectivity index (χ2v) is 6.58. The van der Waals surface area contributed by atoms with Gasteiger partial charge in [0.15, 0.2) is 0 Å². The van der Waals surface area contributed by atoms with Crippen LogP contribution >= 0.6 is 11.3 Å². The summed E-state index contributed by atoms with van der Waals surface area (Å²) in [5.74, 6) is -1.34. The number of non-ortho nitro benzene ring substituents is 1. The van der Waals surface area contributed by atoms with E-state index in [1.54, 1.807) is 17.0 Å². The smallest absolute Gasteiger partial charge is 0.306 e. The van der Waals surface area contributed by atoms with Crippen molar-refractivity contribution in [3.05, 3.63) is 39.3 Å². The molecule has 2 heterocycles. The van der Waals surface area contributed by atoms with E-state index in [4.69, 9.17) is 5.11 Å². The van der Waals surface area contributed by atoms with Crippen molar-refractivity contribution in [2.45, 2.75) is 12.8 Å². The quantitative estimate of drug-likeness (QED) is 0.687. The summed E-state index contributed by atoms with van der Waals surface area (Å²) in [4.78, 5) is 36.0. The van der Waals surface area contributed by atoms with Crippen LogP contribution in [0.3, 0.4) is 0 Å². The van der Waals surface area contributed by atoms with E-state index in [2.05, 4.69) is 0 Å². The molecule has 0 saturated carbocycles. The number of piperidine rings is 1. The van der Waals surface area contributed by atoms with Crippen LogP contribution in [0, 0.1) is 16.0 Å². The molecule has 0 aliphatic carbocycles. The maximum atomic E-state index is 12.5. The summed E-state index contributed by atoms with van der Waals surface area (Å²) >= 11 is 1.30. The van der Waals surface area contributed by atoms with E-state index in [-0.39, 0.29) is 17.5 Å². The highest BCUT2D eigenvalue weighted by Gasteiger charge is 2.28. The van der Waals surface area contributed by atoms with Gasteiger partial charge < -0.3 is 10.0 Å². The van der Waals surface area contributed by atoms with Gasteiger partial charge in [0, 0.05) is 35.3 Å². The van der Waals surface area contributed by atoms with Crippen LogP contribution in [0.15, 0.2) is 24.3 Å². The Morgan fingerprint density at radius 1 is 1.26 bits per heavy atom. The van der Waals surface area contributed by atoms with Gasteiger partial charge in [0.1, 0.15) is 0 Å². The van der Waals surface area contributed by atoms with Gasteiger partial charge in [-0.3, -0.25) is 19.7 Å². The number of carbonyl (C=O) groups is 2. The summed E-state index contributed by atoms with van der Waals surface area (Å²) in [6.45, 7) is 0.842. The molecule has 2 aromatic rings. The van der Waals surface area contributed by atoms with Crippen LogP contribution in [-0.4, -0.2) is 39.9 Å². The maximum Gasteiger partial charge on any atom is 0.306 e. The van der Waals surface area contributed by atoms with Crippen molar-refractivity contribution < 1.29 is 19.6 Å². The van der Waals surface area contributed by atoms with Crippen molar-refractivity contribution in [2.24, 2.45) is 5.92 Å². The molecule has 1 amide bonds. The van der Waals surface area contributed by atoms with Crippen LogP contribution in [0.1, 0.15) is 22.5 Å². The van der Waals surface area contributed by atoms with Gasteiger partial charge in [-0.1, -0.05) is 0 Å². The Hall–Kier alpha value is -2.48. The molecule has 1 aromatic carbocycles. The number of benzene rings is 1. The fourth-order valence-electron chi connectivity index (χ4n) is 2.74. The SMILES string of the molecule is O=C(O)C1CCN(C(=O)c2cc3cc([N+](=O)[O-])ccc3s2)CC1. The molecule has 1 saturated heterocycles. The van der Waals surface area contributed by atoms with Gasteiger partial charge in [0.25, 0.3) is 11.6 Å². The number of hydrogen-bond donors (Lipinski definition) is 1. The number of thiophene rings is 1. The summed E-state index contributed by atoms with van der Waals surface area (Å²) in [7, 11) is 0. The van der Waals surface area contributed by atoms with Gasteiger partial charge >= 0.3 is 5.97 Å². The van der Waals surface area contributed by atoms with E-state index in [9.17, 15) is 19.7 Å². The number of likely N-dealkylation sites (tertiary alicyclic amines) is 1. The molecule has 1 aromatic heterocycles. The van der Waals surface area contributed by atoms with Crippen LogP contribution in [0.4, 0.5) is 5.69 Å². The Balaban J connectivity index is 1.79. The molecule has 1 aliphatic rings. The zero-order valence-electron chi connectivity index (χ0n) is 12.1. The number of hydrogen-bond acceptors (Lipinski definition) is 5. The topological polar surface area (TPSA) is 101 Å². The van der Waals surface area contributed by atoms with Crippen LogP contribution < -0.4 is 0 Å². The molecule has 7 nitrogen and oxygen atoms in total. The molecule has 8 heteroatoms. The lowest BCUT2D eigenvalue weighted by atomic mass is 9.97. The second kappa shape index (κ2) is 5.96.